The van der Waals surface area contributed by atoms with Gasteiger partial charge in [0, 0.05) is 25.0 Å². The second-order valence-corrected chi connectivity index (χ2v) is 9.64. The van der Waals surface area contributed by atoms with E-state index >= 15 is 0 Å². The molecule has 7 heteroatoms. The van der Waals surface area contributed by atoms with E-state index in [9.17, 15) is 13.2 Å². The first kappa shape index (κ1) is 19.8. The number of carbonyl (C=O) groups excluding carboxylic acids is 1. The van der Waals surface area contributed by atoms with Crippen molar-refractivity contribution in [3.8, 4) is 6.07 Å². The van der Waals surface area contributed by atoms with Crippen molar-refractivity contribution >= 4 is 15.9 Å². The van der Waals surface area contributed by atoms with Gasteiger partial charge in [-0.25, -0.2) is 8.42 Å². The van der Waals surface area contributed by atoms with Gasteiger partial charge in [0.25, 0.3) is 0 Å². The lowest BCUT2D eigenvalue weighted by Crippen LogP contribution is -2.45. The molecule has 146 valence electrons. The van der Waals surface area contributed by atoms with Gasteiger partial charge < -0.3 is 4.90 Å². The van der Waals surface area contributed by atoms with Crippen LogP contribution in [0.4, 0.5) is 0 Å². The Morgan fingerprint density at radius 1 is 1.15 bits per heavy atom. The number of nitriles is 1. The molecule has 1 aliphatic carbocycles. The van der Waals surface area contributed by atoms with Crippen LogP contribution in [-0.2, 0) is 14.8 Å². The number of hydrogen-bond acceptors (Lipinski definition) is 4. The molecule has 1 heterocycles. The second-order valence-electron chi connectivity index (χ2n) is 7.76. The van der Waals surface area contributed by atoms with Crippen LogP contribution < -0.4 is 0 Å². The maximum Gasteiger partial charge on any atom is 0.243 e. The van der Waals surface area contributed by atoms with E-state index in [-0.39, 0.29) is 24.4 Å². The van der Waals surface area contributed by atoms with Crippen LogP contribution in [0.3, 0.4) is 0 Å². The highest BCUT2D eigenvalue weighted by Crippen LogP contribution is 2.32. The second kappa shape index (κ2) is 7.61. The molecule has 0 N–H and O–H groups in total. The first-order valence-corrected chi connectivity index (χ1v) is 10.9. The van der Waals surface area contributed by atoms with Gasteiger partial charge in [-0.1, -0.05) is 17.7 Å². The van der Waals surface area contributed by atoms with Crippen LogP contribution >= 0.6 is 0 Å². The van der Waals surface area contributed by atoms with Gasteiger partial charge in [0.1, 0.15) is 6.54 Å². The molecular weight excluding hydrogens is 362 g/mol. The predicted octanol–water partition coefficient (Wildman–Crippen LogP) is 2.53. The van der Waals surface area contributed by atoms with Gasteiger partial charge in [-0.2, -0.15) is 9.57 Å². The highest BCUT2D eigenvalue weighted by atomic mass is 32.2. The lowest BCUT2D eigenvalue weighted by atomic mass is 9.96. The smallest absolute Gasteiger partial charge is 0.243 e. The number of amides is 1. The SMILES string of the molecule is Cc1cc(C)c(S(=O)(=O)N2CCC(C(=O)N(CC#N)C3CC3)CC2)c(C)c1. The predicted molar refractivity (Wildman–Crippen MR) is 102 cm³/mol. The fourth-order valence-corrected chi connectivity index (χ4v) is 6.01. The van der Waals surface area contributed by atoms with E-state index in [0.717, 1.165) is 29.5 Å². The zero-order valence-corrected chi connectivity index (χ0v) is 17.1. The number of sulfonamides is 1. The molecule has 1 saturated heterocycles. The van der Waals surface area contributed by atoms with Crippen molar-refractivity contribution in [1.29, 1.82) is 5.26 Å². The average Bonchev–Trinajstić information content (AvgIpc) is 3.43. The van der Waals surface area contributed by atoms with Gasteiger partial charge in [-0.3, -0.25) is 4.79 Å². The molecule has 6 nitrogen and oxygen atoms in total. The summed E-state index contributed by atoms with van der Waals surface area (Å²) in [6, 6.07) is 6.07. The molecule has 1 amide bonds. The molecule has 1 aromatic rings. The highest BCUT2D eigenvalue weighted by Gasteiger charge is 2.39. The summed E-state index contributed by atoms with van der Waals surface area (Å²) >= 11 is 0. The number of rotatable bonds is 5. The van der Waals surface area contributed by atoms with Crippen molar-refractivity contribution in [2.24, 2.45) is 5.92 Å². The Labute approximate surface area is 161 Å². The van der Waals surface area contributed by atoms with E-state index in [4.69, 9.17) is 5.26 Å². The van der Waals surface area contributed by atoms with Gasteiger partial charge in [-0.15, -0.1) is 0 Å². The molecule has 0 spiro atoms. The third-order valence-electron chi connectivity index (χ3n) is 5.52. The van der Waals surface area contributed by atoms with E-state index < -0.39 is 10.0 Å². The molecule has 0 atom stereocenters. The maximum atomic E-state index is 13.2. The fourth-order valence-electron chi connectivity index (χ4n) is 4.13. The van der Waals surface area contributed by atoms with Crippen molar-refractivity contribution in [2.45, 2.75) is 57.4 Å². The maximum absolute atomic E-state index is 13.2. The monoisotopic (exact) mass is 389 g/mol. The molecule has 27 heavy (non-hydrogen) atoms. The largest absolute Gasteiger partial charge is 0.326 e. The Morgan fingerprint density at radius 3 is 2.19 bits per heavy atom. The zero-order chi connectivity index (χ0) is 19.8. The van der Waals surface area contributed by atoms with Gasteiger partial charge in [0.15, 0.2) is 0 Å². The van der Waals surface area contributed by atoms with E-state index in [1.165, 1.54) is 4.31 Å². The van der Waals surface area contributed by atoms with Gasteiger partial charge >= 0.3 is 0 Å². The summed E-state index contributed by atoms with van der Waals surface area (Å²) < 4.78 is 27.8. The Kier molecular flexibility index (Phi) is 5.59. The quantitative estimate of drug-likeness (QED) is 0.725. The number of piperidine rings is 1. The Balaban J connectivity index is 1.72. The number of carbonyl (C=O) groups is 1. The van der Waals surface area contributed by atoms with Crippen LogP contribution in [0.1, 0.15) is 42.4 Å². The Hall–Kier alpha value is -1.91. The van der Waals surface area contributed by atoms with Crippen molar-refractivity contribution < 1.29 is 13.2 Å². The molecule has 2 fully saturated rings. The third-order valence-corrected chi connectivity index (χ3v) is 7.72. The van der Waals surface area contributed by atoms with E-state index in [2.05, 4.69) is 6.07 Å². The molecule has 1 aliphatic heterocycles. The summed E-state index contributed by atoms with van der Waals surface area (Å²) in [5.74, 6) is -0.176. The van der Waals surface area contributed by atoms with Crippen LogP contribution in [0.5, 0.6) is 0 Å². The van der Waals surface area contributed by atoms with Crippen LogP contribution in [-0.4, -0.2) is 49.2 Å². The Bertz CT molecular complexity index is 853. The Morgan fingerprint density at radius 2 is 1.70 bits per heavy atom. The average molecular weight is 390 g/mol. The van der Waals surface area contributed by atoms with Gasteiger partial charge in [0.2, 0.25) is 15.9 Å². The highest BCUT2D eigenvalue weighted by molar-refractivity contribution is 7.89. The molecule has 0 unspecified atom stereocenters. The van der Waals surface area contributed by atoms with E-state index in [1.807, 2.05) is 32.9 Å². The summed E-state index contributed by atoms with van der Waals surface area (Å²) in [6.45, 7) is 6.44. The van der Waals surface area contributed by atoms with Gasteiger partial charge in [0.05, 0.1) is 11.0 Å². The van der Waals surface area contributed by atoms with Crippen molar-refractivity contribution in [3.63, 3.8) is 0 Å². The summed E-state index contributed by atoms with van der Waals surface area (Å²) in [5, 5.41) is 8.98. The minimum Gasteiger partial charge on any atom is -0.326 e. The normalized spacial score (nSPS) is 18.9. The lowest BCUT2D eigenvalue weighted by molar-refractivity contribution is -0.136. The number of aryl methyl sites for hydroxylation is 3. The number of benzene rings is 1. The minimum absolute atomic E-state index is 0.0128. The van der Waals surface area contributed by atoms with Crippen LogP contribution in [0, 0.1) is 38.0 Å². The first-order chi connectivity index (χ1) is 12.8. The summed E-state index contributed by atoms with van der Waals surface area (Å²) in [5.41, 5.74) is 2.57. The van der Waals surface area contributed by atoms with Crippen molar-refractivity contribution in [3.05, 3.63) is 28.8 Å². The summed E-state index contributed by atoms with van der Waals surface area (Å²) in [4.78, 5) is 14.8. The zero-order valence-electron chi connectivity index (χ0n) is 16.2. The van der Waals surface area contributed by atoms with Gasteiger partial charge in [-0.05, 0) is 57.6 Å². The molecule has 0 aromatic heterocycles. The molecule has 0 bridgehead atoms. The minimum atomic E-state index is -3.57. The molecule has 1 saturated carbocycles. The standard InChI is InChI=1S/C20H27N3O3S/c1-14-12-15(2)19(16(3)13-14)27(25,26)22-9-6-17(7-10-22)20(24)23(11-8-21)18-4-5-18/h12-13,17-18H,4-7,9-11H2,1-3H3. The molecular formula is C20H27N3O3S. The fraction of sp³-hybridized carbons (Fsp3) is 0.600. The van der Waals surface area contributed by atoms with Crippen LogP contribution in [0.2, 0.25) is 0 Å². The summed E-state index contributed by atoms with van der Waals surface area (Å²) in [6.07, 6.45) is 2.95. The van der Waals surface area contributed by atoms with Crippen molar-refractivity contribution in [2.75, 3.05) is 19.6 Å². The summed E-state index contributed by atoms with van der Waals surface area (Å²) in [7, 11) is -3.57. The topological polar surface area (TPSA) is 81.5 Å². The molecule has 2 aliphatic rings. The number of hydrogen-bond donors (Lipinski definition) is 0. The molecule has 1 aromatic carbocycles. The van der Waals surface area contributed by atoms with E-state index in [0.29, 0.717) is 30.8 Å². The van der Waals surface area contributed by atoms with E-state index in [1.54, 1.807) is 4.90 Å². The molecule has 3 rings (SSSR count). The lowest BCUT2D eigenvalue weighted by Gasteiger charge is -2.33. The van der Waals surface area contributed by atoms with Crippen molar-refractivity contribution in [1.82, 2.24) is 9.21 Å². The first-order valence-electron chi connectivity index (χ1n) is 9.51. The van der Waals surface area contributed by atoms with Crippen LogP contribution in [0.25, 0.3) is 0 Å². The number of nitrogens with zero attached hydrogens (tertiary/aromatic N) is 3. The van der Waals surface area contributed by atoms with Crippen LogP contribution in [0.15, 0.2) is 17.0 Å². The molecule has 0 radical (unpaired) electrons. The third kappa shape index (κ3) is 4.02.